The van der Waals surface area contributed by atoms with E-state index in [1.807, 2.05) is 0 Å². The summed E-state index contributed by atoms with van der Waals surface area (Å²) in [5.41, 5.74) is 6.65. The number of primary amides is 1. The Morgan fingerprint density at radius 3 is 2.77 bits per heavy atom. The number of nitrogens with two attached hydrogens (primary N) is 1. The summed E-state index contributed by atoms with van der Waals surface area (Å²) in [6.45, 7) is 0. The van der Waals surface area contributed by atoms with Gasteiger partial charge in [-0.2, -0.15) is 5.10 Å². The molecule has 0 bridgehead atoms. The van der Waals surface area contributed by atoms with Crippen LogP contribution in [0.4, 0.5) is 0 Å². The van der Waals surface area contributed by atoms with Crippen molar-refractivity contribution in [1.82, 2.24) is 9.78 Å². The van der Waals surface area contributed by atoms with Gasteiger partial charge < -0.3 is 10.8 Å². The van der Waals surface area contributed by atoms with Crippen molar-refractivity contribution in [3.8, 4) is 16.9 Å². The van der Waals surface area contributed by atoms with Crippen LogP contribution >= 0.6 is 0 Å². The third-order valence-corrected chi connectivity index (χ3v) is 5.53. The van der Waals surface area contributed by atoms with Gasteiger partial charge in [-0.15, -0.1) is 0 Å². The van der Waals surface area contributed by atoms with Gasteiger partial charge in [0.25, 0.3) is 5.91 Å². The smallest absolute Gasteiger partial charge is 0.252 e. The van der Waals surface area contributed by atoms with Crippen LogP contribution in [0.15, 0.2) is 30.6 Å². The second-order valence-electron chi connectivity index (χ2n) is 5.36. The van der Waals surface area contributed by atoms with E-state index in [2.05, 4.69) is 5.10 Å². The van der Waals surface area contributed by atoms with Gasteiger partial charge in [-0.1, -0.05) is 6.07 Å². The summed E-state index contributed by atoms with van der Waals surface area (Å²) in [6.07, 6.45) is 3.89. The summed E-state index contributed by atoms with van der Waals surface area (Å²) in [4.78, 5) is 11.3. The maximum Gasteiger partial charge on any atom is 0.252 e. The predicted molar refractivity (Wildman–Crippen MR) is 80.2 cm³/mol. The normalized spacial score (nSPS) is 20.1. The molecule has 1 aromatic carbocycles. The fourth-order valence-electron chi connectivity index (χ4n) is 2.58. The molecule has 1 atom stereocenters. The number of nitrogens with zero attached hydrogens (tertiary/aromatic N) is 2. The fraction of sp³-hybridized carbons (Fsp3) is 0.286. The quantitative estimate of drug-likeness (QED) is 0.864. The molecule has 22 heavy (non-hydrogen) atoms. The van der Waals surface area contributed by atoms with Crippen molar-refractivity contribution in [1.29, 1.82) is 0 Å². The first kappa shape index (κ1) is 14.6. The lowest BCUT2D eigenvalue weighted by atomic mass is 10.1. The highest BCUT2D eigenvalue weighted by atomic mass is 32.2. The first-order valence-corrected chi connectivity index (χ1v) is 8.55. The van der Waals surface area contributed by atoms with Gasteiger partial charge in [0.05, 0.1) is 29.3 Å². The average molecular weight is 321 g/mol. The van der Waals surface area contributed by atoms with Gasteiger partial charge in [-0.25, -0.2) is 8.42 Å². The van der Waals surface area contributed by atoms with Crippen LogP contribution in [0.1, 0.15) is 22.8 Å². The van der Waals surface area contributed by atoms with Crippen LogP contribution in [0.2, 0.25) is 0 Å². The van der Waals surface area contributed by atoms with Crippen LogP contribution in [-0.2, 0) is 9.84 Å². The van der Waals surface area contributed by atoms with E-state index in [1.54, 1.807) is 23.1 Å². The minimum absolute atomic E-state index is 0.0358. The first-order chi connectivity index (χ1) is 10.4. The highest BCUT2D eigenvalue weighted by molar-refractivity contribution is 7.91. The lowest BCUT2D eigenvalue weighted by Crippen LogP contribution is -2.11. The van der Waals surface area contributed by atoms with Gasteiger partial charge in [-0.3, -0.25) is 9.48 Å². The van der Waals surface area contributed by atoms with E-state index in [0.29, 0.717) is 12.0 Å². The molecule has 1 fully saturated rings. The molecule has 3 rings (SSSR count). The number of hydrogen-bond acceptors (Lipinski definition) is 5. The average Bonchev–Trinajstić information content (AvgIpc) is 3.05. The molecular formula is C14H15N3O4S. The Morgan fingerprint density at radius 1 is 1.36 bits per heavy atom. The topological polar surface area (TPSA) is 115 Å². The number of aromatic nitrogens is 2. The van der Waals surface area contributed by atoms with Crippen LogP contribution in [0.25, 0.3) is 11.1 Å². The molecule has 116 valence electrons. The number of sulfone groups is 1. The van der Waals surface area contributed by atoms with Crippen molar-refractivity contribution in [3.63, 3.8) is 0 Å². The molecule has 2 heterocycles. The Balaban J connectivity index is 1.91. The van der Waals surface area contributed by atoms with E-state index >= 15 is 0 Å². The minimum atomic E-state index is -2.98. The number of rotatable bonds is 3. The minimum Gasteiger partial charge on any atom is -0.507 e. The number of amides is 1. The maximum absolute atomic E-state index is 11.5. The van der Waals surface area contributed by atoms with Crippen molar-refractivity contribution in [2.24, 2.45) is 5.73 Å². The van der Waals surface area contributed by atoms with Crippen LogP contribution in [0.5, 0.6) is 5.75 Å². The van der Waals surface area contributed by atoms with Gasteiger partial charge >= 0.3 is 0 Å². The molecule has 3 N–H and O–H groups in total. The summed E-state index contributed by atoms with van der Waals surface area (Å²) in [5.74, 6) is -0.618. The van der Waals surface area contributed by atoms with E-state index < -0.39 is 15.7 Å². The SMILES string of the molecule is NC(=O)c1cc(-c2cnn([C@H]3CCS(=O)(=O)C3)c2)ccc1O. The Bertz CT molecular complexity index is 842. The van der Waals surface area contributed by atoms with Crippen LogP contribution < -0.4 is 5.73 Å². The number of carbonyl (C=O) groups is 1. The second-order valence-corrected chi connectivity index (χ2v) is 7.59. The van der Waals surface area contributed by atoms with Gasteiger partial charge in [0.2, 0.25) is 0 Å². The first-order valence-electron chi connectivity index (χ1n) is 6.73. The highest BCUT2D eigenvalue weighted by Crippen LogP contribution is 2.28. The fourth-order valence-corrected chi connectivity index (χ4v) is 4.29. The third kappa shape index (κ3) is 2.69. The molecule has 1 aromatic heterocycles. The molecule has 8 heteroatoms. The van der Waals surface area contributed by atoms with E-state index in [-0.39, 0.29) is 28.9 Å². The van der Waals surface area contributed by atoms with Gasteiger partial charge in [0.1, 0.15) is 5.75 Å². The second kappa shape index (κ2) is 5.13. The number of aromatic hydroxyl groups is 1. The van der Waals surface area contributed by atoms with E-state index in [1.165, 1.54) is 12.1 Å². The number of benzene rings is 1. The molecule has 0 unspecified atom stereocenters. The van der Waals surface area contributed by atoms with E-state index in [4.69, 9.17) is 5.73 Å². The molecule has 0 radical (unpaired) electrons. The summed E-state index contributed by atoms with van der Waals surface area (Å²) in [5, 5.41) is 13.8. The monoisotopic (exact) mass is 321 g/mol. The van der Waals surface area contributed by atoms with Crippen molar-refractivity contribution in [3.05, 3.63) is 36.2 Å². The van der Waals surface area contributed by atoms with Crippen LogP contribution in [0, 0.1) is 0 Å². The summed E-state index contributed by atoms with van der Waals surface area (Å²) in [6, 6.07) is 4.37. The molecular weight excluding hydrogens is 306 g/mol. The number of phenols is 1. The van der Waals surface area contributed by atoms with E-state index in [9.17, 15) is 18.3 Å². The van der Waals surface area contributed by atoms with Gasteiger partial charge in [0.15, 0.2) is 9.84 Å². The van der Waals surface area contributed by atoms with E-state index in [0.717, 1.165) is 5.56 Å². The zero-order chi connectivity index (χ0) is 15.9. The van der Waals surface area contributed by atoms with Crippen molar-refractivity contribution in [2.75, 3.05) is 11.5 Å². The molecule has 1 aliphatic rings. The Morgan fingerprint density at radius 2 is 2.14 bits per heavy atom. The van der Waals surface area contributed by atoms with Gasteiger partial charge in [-0.05, 0) is 24.1 Å². The Kier molecular flexibility index (Phi) is 3.40. The molecule has 1 saturated heterocycles. The summed E-state index contributed by atoms with van der Waals surface area (Å²) < 4.78 is 24.7. The molecule has 0 spiro atoms. The largest absolute Gasteiger partial charge is 0.507 e. The Labute approximate surface area is 127 Å². The number of hydrogen-bond donors (Lipinski definition) is 2. The molecule has 7 nitrogen and oxygen atoms in total. The molecule has 1 amide bonds. The molecule has 0 aliphatic carbocycles. The molecule has 0 saturated carbocycles. The lowest BCUT2D eigenvalue weighted by Gasteiger charge is -2.07. The number of carbonyl (C=O) groups excluding carboxylic acids is 1. The zero-order valence-electron chi connectivity index (χ0n) is 11.6. The summed E-state index contributed by atoms with van der Waals surface area (Å²) in [7, 11) is -2.98. The summed E-state index contributed by atoms with van der Waals surface area (Å²) >= 11 is 0. The van der Waals surface area contributed by atoms with Gasteiger partial charge in [0, 0.05) is 11.8 Å². The van der Waals surface area contributed by atoms with Crippen molar-refractivity contribution >= 4 is 15.7 Å². The maximum atomic E-state index is 11.5. The van der Waals surface area contributed by atoms with Crippen molar-refractivity contribution in [2.45, 2.75) is 12.5 Å². The van der Waals surface area contributed by atoms with Crippen molar-refractivity contribution < 1.29 is 18.3 Å². The standard InChI is InChI=1S/C14H15N3O4S/c15-14(19)12-5-9(1-2-13(12)18)10-6-16-17(7-10)11-3-4-22(20,21)8-11/h1-2,5-7,11,18H,3-4,8H2,(H2,15,19)/t11-/m0/s1. The predicted octanol–water partition coefficient (Wildman–Crippen LogP) is 0.714. The Hall–Kier alpha value is -2.35. The lowest BCUT2D eigenvalue weighted by molar-refractivity contribution is 0.0998. The van der Waals surface area contributed by atoms with Crippen LogP contribution in [0.3, 0.4) is 0 Å². The third-order valence-electron chi connectivity index (χ3n) is 3.78. The molecule has 2 aromatic rings. The molecule has 1 aliphatic heterocycles. The highest BCUT2D eigenvalue weighted by Gasteiger charge is 2.29. The van der Waals surface area contributed by atoms with Crippen LogP contribution in [-0.4, -0.2) is 40.7 Å². The zero-order valence-corrected chi connectivity index (χ0v) is 12.5.